The van der Waals surface area contributed by atoms with E-state index in [1.807, 2.05) is 0 Å². The Hall–Kier alpha value is -1.65. The molecule has 1 saturated carbocycles. The summed E-state index contributed by atoms with van der Waals surface area (Å²) < 4.78 is 41.2. The summed E-state index contributed by atoms with van der Waals surface area (Å²) in [5.41, 5.74) is 6.60. The third-order valence-corrected chi connectivity index (χ3v) is 3.42. The van der Waals surface area contributed by atoms with Crippen LogP contribution in [-0.4, -0.2) is 26.2 Å². The number of hydrogen-bond donors (Lipinski definition) is 2. The zero-order valence-electron chi connectivity index (χ0n) is 12.2. The van der Waals surface area contributed by atoms with Crippen LogP contribution in [0.1, 0.15) is 36.2 Å². The first-order valence-corrected chi connectivity index (χ1v) is 6.63. The Bertz CT molecular complexity index is 662. The molecule has 3 N–H and O–H groups in total. The number of hydrogen-bond acceptors (Lipinski definition) is 7. The van der Waals surface area contributed by atoms with Gasteiger partial charge in [-0.15, -0.1) is 24.8 Å². The highest BCUT2D eigenvalue weighted by molar-refractivity contribution is 5.85. The van der Waals surface area contributed by atoms with Crippen LogP contribution >= 0.6 is 24.8 Å². The molecular weight excluding hydrogens is 372 g/mol. The molecule has 0 unspecified atom stereocenters. The van der Waals surface area contributed by atoms with E-state index in [1.165, 1.54) is 6.33 Å². The predicted octanol–water partition coefficient (Wildman–Crippen LogP) is 2.54. The number of anilines is 1. The van der Waals surface area contributed by atoms with E-state index in [0.29, 0.717) is 11.7 Å². The zero-order chi connectivity index (χ0) is 15.7. The first kappa shape index (κ1) is 20.4. The summed E-state index contributed by atoms with van der Waals surface area (Å²) in [6, 6.07) is 1.96. The molecule has 2 aromatic heterocycles. The number of halogens is 5. The maximum Gasteiger partial charge on any atom is 0.471 e. The summed E-state index contributed by atoms with van der Waals surface area (Å²) in [4.78, 5) is 11.5. The molecule has 7 nitrogen and oxygen atoms in total. The maximum absolute atomic E-state index is 12.3. The Balaban J connectivity index is 0.00000144. The molecule has 1 fully saturated rings. The van der Waals surface area contributed by atoms with E-state index < -0.39 is 12.1 Å². The monoisotopic (exact) mass is 386 g/mol. The van der Waals surface area contributed by atoms with Gasteiger partial charge in [0, 0.05) is 23.7 Å². The van der Waals surface area contributed by atoms with Gasteiger partial charge in [0.25, 0.3) is 0 Å². The summed E-state index contributed by atoms with van der Waals surface area (Å²) >= 11 is 0. The van der Waals surface area contributed by atoms with Gasteiger partial charge in [0.2, 0.25) is 0 Å². The molecule has 0 bridgehead atoms. The molecule has 0 saturated heterocycles. The fourth-order valence-corrected chi connectivity index (χ4v) is 2.21. The standard InChI is InChI=1S/C12H13F3N6O.2ClH/c13-12(14,15)11-20-10(21-22-11)4-17-9-3-8(18-5-19-9)6-1-7(16)2-6;;/h3,5-7H,1-2,4,16H2,(H,17,18,19);2*1H. The van der Waals surface area contributed by atoms with Crippen LogP contribution in [0.4, 0.5) is 19.0 Å². The molecule has 0 spiro atoms. The van der Waals surface area contributed by atoms with E-state index in [1.54, 1.807) is 6.07 Å². The molecule has 2 aromatic rings. The third-order valence-electron chi connectivity index (χ3n) is 3.42. The topological polar surface area (TPSA) is 103 Å². The lowest BCUT2D eigenvalue weighted by Crippen LogP contribution is -2.35. The largest absolute Gasteiger partial charge is 0.471 e. The van der Waals surface area contributed by atoms with Crippen molar-refractivity contribution in [3.05, 3.63) is 29.8 Å². The molecule has 134 valence electrons. The second kappa shape index (κ2) is 7.95. The summed E-state index contributed by atoms with van der Waals surface area (Å²) in [6.07, 6.45) is -1.50. The van der Waals surface area contributed by atoms with Gasteiger partial charge >= 0.3 is 12.1 Å². The van der Waals surface area contributed by atoms with Crippen molar-refractivity contribution in [2.24, 2.45) is 5.73 Å². The predicted molar refractivity (Wildman–Crippen MR) is 83.1 cm³/mol. The van der Waals surface area contributed by atoms with Gasteiger partial charge in [-0.2, -0.15) is 18.2 Å². The summed E-state index contributed by atoms with van der Waals surface area (Å²) in [7, 11) is 0. The highest BCUT2D eigenvalue weighted by Gasteiger charge is 2.38. The number of aromatic nitrogens is 4. The second-order valence-corrected chi connectivity index (χ2v) is 5.12. The molecule has 12 heteroatoms. The van der Waals surface area contributed by atoms with Gasteiger partial charge in [0.05, 0.1) is 6.54 Å². The van der Waals surface area contributed by atoms with Crippen molar-refractivity contribution in [3.8, 4) is 0 Å². The van der Waals surface area contributed by atoms with Crippen molar-refractivity contribution in [1.82, 2.24) is 20.1 Å². The molecular formula is C12H15Cl2F3N6O. The quantitative estimate of drug-likeness (QED) is 0.831. The van der Waals surface area contributed by atoms with E-state index in [2.05, 4.69) is 29.9 Å². The van der Waals surface area contributed by atoms with Gasteiger partial charge in [-0.05, 0) is 12.8 Å². The van der Waals surface area contributed by atoms with E-state index in [-0.39, 0.29) is 43.2 Å². The van der Waals surface area contributed by atoms with Crippen LogP contribution in [0.25, 0.3) is 0 Å². The van der Waals surface area contributed by atoms with Gasteiger partial charge in [-0.3, -0.25) is 0 Å². The van der Waals surface area contributed by atoms with E-state index in [0.717, 1.165) is 18.5 Å². The summed E-state index contributed by atoms with van der Waals surface area (Å²) in [5.74, 6) is -0.668. The van der Waals surface area contributed by atoms with Gasteiger partial charge < -0.3 is 15.6 Å². The Kier molecular flexibility index (Phi) is 6.76. The minimum Gasteiger partial charge on any atom is -0.363 e. The average molecular weight is 387 g/mol. The average Bonchev–Trinajstić information content (AvgIpc) is 2.91. The molecule has 24 heavy (non-hydrogen) atoms. The zero-order valence-corrected chi connectivity index (χ0v) is 13.8. The summed E-state index contributed by atoms with van der Waals surface area (Å²) in [5, 5.41) is 6.11. The molecule has 0 aliphatic heterocycles. The molecule has 0 aromatic carbocycles. The van der Waals surface area contributed by atoms with E-state index in [4.69, 9.17) is 5.73 Å². The lowest BCUT2D eigenvalue weighted by Gasteiger charge is -2.31. The van der Waals surface area contributed by atoms with Crippen LogP contribution in [0.15, 0.2) is 16.9 Å². The highest BCUT2D eigenvalue weighted by atomic mass is 35.5. The normalized spacial score (nSPS) is 19.7. The van der Waals surface area contributed by atoms with Crippen molar-refractivity contribution < 1.29 is 17.7 Å². The van der Waals surface area contributed by atoms with Crippen LogP contribution in [0, 0.1) is 0 Å². The van der Waals surface area contributed by atoms with E-state index in [9.17, 15) is 13.2 Å². The third kappa shape index (κ3) is 4.68. The van der Waals surface area contributed by atoms with Gasteiger partial charge in [0.1, 0.15) is 12.1 Å². The van der Waals surface area contributed by atoms with Crippen molar-refractivity contribution in [3.63, 3.8) is 0 Å². The van der Waals surface area contributed by atoms with Gasteiger partial charge in [0.15, 0.2) is 5.82 Å². The van der Waals surface area contributed by atoms with E-state index >= 15 is 0 Å². The van der Waals surface area contributed by atoms with Crippen molar-refractivity contribution in [2.75, 3.05) is 5.32 Å². The van der Waals surface area contributed by atoms with Crippen molar-refractivity contribution in [2.45, 2.75) is 37.5 Å². The molecule has 1 aliphatic carbocycles. The first-order valence-electron chi connectivity index (χ1n) is 6.63. The lowest BCUT2D eigenvalue weighted by molar-refractivity contribution is -0.159. The summed E-state index contributed by atoms with van der Waals surface area (Å²) in [6.45, 7) is -0.0276. The van der Waals surface area contributed by atoms with Gasteiger partial charge in [-0.1, -0.05) is 5.16 Å². The molecule has 3 rings (SSSR count). The Morgan fingerprint density at radius 1 is 1.25 bits per heavy atom. The Morgan fingerprint density at radius 2 is 1.96 bits per heavy atom. The van der Waals surface area contributed by atoms with Crippen LogP contribution in [0.2, 0.25) is 0 Å². The van der Waals surface area contributed by atoms with Gasteiger partial charge in [-0.25, -0.2) is 9.97 Å². The number of rotatable bonds is 4. The van der Waals surface area contributed by atoms with Crippen molar-refractivity contribution in [1.29, 1.82) is 0 Å². The minimum atomic E-state index is -4.64. The van der Waals surface area contributed by atoms with Crippen LogP contribution < -0.4 is 11.1 Å². The minimum absolute atomic E-state index is 0. The molecule has 0 amide bonds. The maximum atomic E-state index is 12.3. The smallest absolute Gasteiger partial charge is 0.363 e. The highest BCUT2D eigenvalue weighted by Crippen LogP contribution is 2.34. The SMILES string of the molecule is Cl.Cl.NC1CC(c2cc(NCc3noc(C(F)(F)F)n3)ncn2)C1. The molecule has 1 aliphatic rings. The number of alkyl halides is 3. The van der Waals surface area contributed by atoms with Crippen molar-refractivity contribution >= 4 is 30.6 Å². The number of nitrogens with zero attached hydrogens (tertiary/aromatic N) is 4. The molecule has 2 heterocycles. The molecule has 0 atom stereocenters. The molecule has 0 radical (unpaired) electrons. The Morgan fingerprint density at radius 3 is 2.54 bits per heavy atom. The fraction of sp³-hybridized carbons (Fsp3) is 0.500. The number of nitrogens with one attached hydrogen (secondary N) is 1. The number of nitrogens with two attached hydrogens (primary N) is 1. The van der Waals surface area contributed by atoms with Crippen LogP contribution in [0.3, 0.4) is 0 Å². The Labute approximate surface area is 147 Å². The lowest BCUT2D eigenvalue weighted by atomic mass is 9.79. The first-order chi connectivity index (χ1) is 10.4. The van der Waals surface area contributed by atoms with Crippen LogP contribution in [-0.2, 0) is 12.7 Å². The fourth-order valence-electron chi connectivity index (χ4n) is 2.21. The second-order valence-electron chi connectivity index (χ2n) is 5.12. The van der Waals surface area contributed by atoms with Crippen LogP contribution in [0.5, 0.6) is 0 Å².